The van der Waals surface area contributed by atoms with E-state index in [-0.39, 0.29) is 0 Å². The normalized spacial score (nSPS) is 16.0. The van der Waals surface area contributed by atoms with Gasteiger partial charge in [-0.3, -0.25) is 0 Å². The zero-order valence-corrected chi connectivity index (χ0v) is 15.5. The van der Waals surface area contributed by atoms with E-state index in [1.165, 1.54) is 22.3 Å². The van der Waals surface area contributed by atoms with Gasteiger partial charge < -0.3 is 0 Å². The van der Waals surface area contributed by atoms with E-state index in [2.05, 4.69) is 75.5 Å². The summed E-state index contributed by atoms with van der Waals surface area (Å²) in [4.78, 5) is 0. The Morgan fingerprint density at radius 3 is 1.57 bits per heavy atom. The van der Waals surface area contributed by atoms with Gasteiger partial charge in [-0.2, -0.15) is 0 Å². The Morgan fingerprint density at radius 1 is 0.696 bits per heavy atom. The Bertz CT molecular complexity index is 794. The number of fused-ring (bicyclic) bond motifs is 2. The van der Waals surface area contributed by atoms with Crippen molar-refractivity contribution in [3.8, 4) is 0 Å². The number of allylic oxidation sites excluding steroid dienone is 2. The summed E-state index contributed by atoms with van der Waals surface area (Å²) in [5.41, 5.74) is 9.05. The van der Waals surface area contributed by atoms with E-state index in [1.54, 1.807) is 21.5 Å². The van der Waals surface area contributed by atoms with Gasteiger partial charge in [0.25, 0.3) is 0 Å². The third-order valence-corrected chi connectivity index (χ3v) is 9.12. The van der Waals surface area contributed by atoms with E-state index < -0.39 is 8.07 Å². The predicted molar refractivity (Wildman–Crippen MR) is 104 cm³/mol. The van der Waals surface area contributed by atoms with Crippen molar-refractivity contribution in [1.82, 2.24) is 0 Å². The zero-order chi connectivity index (χ0) is 16.2. The van der Waals surface area contributed by atoms with Gasteiger partial charge in [-0.05, 0) is 48.9 Å². The maximum Gasteiger partial charge on any atom is 0.113 e. The summed E-state index contributed by atoms with van der Waals surface area (Å²) in [7, 11) is -1.70. The number of hydrogen-bond acceptors (Lipinski definition) is 0. The number of hydrogen-bond donors (Lipinski definition) is 0. The van der Waals surface area contributed by atoms with Crippen molar-refractivity contribution in [1.29, 1.82) is 0 Å². The Labute approximate surface area is 140 Å². The lowest BCUT2D eigenvalue weighted by Crippen LogP contribution is -2.55. The molecule has 2 aromatic rings. The van der Waals surface area contributed by atoms with Crippen molar-refractivity contribution >= 4 is 30.6 Å². The molecule has 1 heteroatoms. The van der Waals surface area contributed by atoms with E-state index in [9.17, 15) is 0 Å². The maximum absolute atomic E-state index is 2.53. The van der Waals surface area contributed by atoms with E-state index >= 15 is 0 Å². The standard InChI is InChI=1S/C22H24Si/c1-15-11-17-7-5-9-21(19(17)13-15)23(3,4)22-10-6-8-18-12-16(2)14-20(18)22/h5-12H,13-14H2,1-4H3. The molecule has 4 rings (SSSR count). The average molecular weight is 317 g/mol. The molecule has 0 N–H and O–H groups in total. The summed E-state index contributed by atoms with van der Waals surface area (Å²) in [5, 5.41) is 3.25. The first-order valence-corrected chi connectivity index (χ1v) is 11.6. The summed E-state index contributed by atoms with van der Waals surface area (Å²) in [6, 6.07) is 13.9. The molecule has 0 saturated carbocycles. The van der Waals surface area contributed by atoms with Crippen LogP contribution in [0.4, 0.5) is 0 Å². The highest BCUT2D eigenvalue weighted by molar-refractivity contribution is 7.01. The lowest BCUT2D eigenvalue weighted by Gasteiger charge is -2.29. The van der Waals surface area contributed by atoms with E-state index in [0.717, 1.165) is 12.8 Å². The van der Waals surface area contributed by atoms with Crippen LogP contribution in [0.5, 0.6) is 0 Å². The molecule has 0 saturated heterocycles. The van der Waals surface area contributed by atoms with Crippen LogP contribution in [-0.4, -0.2) is 8.07 Å². The van der Waals surface area contributed by atoms with Crippen molar-refractivity contribution in [2.75, 3.05) is 0 Å². The minimum Gasteiger partial charge on any atom is -0.0683 e. The predicted octanol–water partition coefficient (Wildman–Crippen LogP) is 4.43. The fourth-order valence-electron chi connectivity index (χ4n) is 4.38. The van der Waals surface area contributed by atoms with Crippen LogP contribution in [0.3, 0.4) is 0 Å². The van der Waals surface area contributed by atoms with E-state index in [0.29, 0.717) is 0 Å². The van der Waals surface area contributed by atoms with Crippen LogP contribution < -0.4 is 10.4 Å². The Kier molecular flexibility index (Phi) is 3.24. The first kappa shape index (κ1) is 14.7. The van der Waals surface area contributed by atoms with Gasteiger partial charge in [0, 0.05) is 0 Å². The molecule has 2 aliphatic rings. The largest absolute Gasteiger partial charge is 0.113 e. The summed E-state index contributed by atoms with van der Waals surface area (Å²) < 4.78 is 0. The summed E-state index contributed by atoms with van der Waals surface area (Å²) >= 11 is 0. The van der Waals surface area contributed by atoms with E-state index in [1.807, 2.05) is 0 Å². The van der Waals surface area contributed by atoms with Crippen LogP contribution in [0.25, 0.3) is 12.2 Å². The summed E-state index contributed by atoms with van der Waals surface area (Å²) in [5.74, 6) is 0. The Hall–Kier alpha value is -1.86. The van der Waals surface area contributed by atoms with Crippen molar-refractivity contribution in [3.05, 3.63) is 69.8 Å². The molecule has 0 nitrogen and oxygen atoms in total. The van der Waals surface area contributed by atoms with Crippen LogP contribution in [0, 0.1) is 0 Å². The summed E-state index contributed by atoms with van der Waals surface area (Å²) in [6.45, 7) is 9.57. The highest BCUT2D eigenvalue weighted by Crippen LogP contribution is 2.28. The van der Waals surface area contributed by atoms with Crippen LogP contribution in [0.2, 0.25) is 13.1 Å². The van der Waals surface area contributed by atoms with Crippen molar-refractivity contribution in [2.24, 2.45) is 0 Å². The molecule has 0 radical (unpaired) electrons. The molecule has 0 atom stereocenters. The number of rotatable bonds is 2. The zero-order valence-electron chi connectivity index (χ0n) is 14.5. The van der Waals surface area contributed by atoms with Crippen molar-refractivity contribution < 1.29 is 0 Å². The fraction of sp³-hybridized carbons (Fsp3) is 0.273. The lowest BCUT2D eigenvalue weighted by atomic mass is 10.1. The van der Waals surface area contributed by atoms with Gasteiger partial charge >= 0.3 is 0 Å². The topological polar surface area (TPSA) is 0 Å². The molecule has 0 heterocycles. The fourth-order valence-corrected chi connectivity index (χ4v) is 7.67. The number of benzene rings is 2. The lowest BCUT2D eigenvalue weighted by molar-refractivity contribution is 1.20. The Morgan fingerprint density at radius 2 is 1.13 bits per heavy atom. The van der Waals surface area contributed by atoms with Gasteiger partial charge in [-0.25, -0.2) is 0 Å². The second-order valence-corrected chi connectivity index (χ2v) is 12.0. The van der Waals surface area contributed by atoms with Crippen molar-refractivity contribution in [2.45, 2.75) is 39.8 Å². The van der Waals surface area contributed by atoms with Crippen LogP contribution >= 0.6 is 0 Å². The van der Waals surface area contributed by atoms with Gasteiger partial charge in [0.2, 0.25) is 0 Å². The van der Waals surface area contributed by atoms with Gasteiger partial charge in [0.05, 0.1) is 0 Å². The molecule has 0 bridgehead atoms. The average Bonchev–Trinajstić information content (AvgIpc) is 3.06. The SMILES string of the molecule is CC1=Cc2cccc([Si](C)(C)c3cccc4c3CC(C)=C4)c2C1. The molecule has 0 unspecified atom stereocenters. The Balaban J connectivity index is 1.86. The van der Waals surface area contributed by atoms with Gasteiger partial charge in [0.15, 0.2) is 0 Å². The first-order chi connectivity index (χ1) is 11.0. The van der Waals surface area contributed by atoms with Crippen LogP contribution in [0.1, 0.15) is 36.1 Å². The third-order valence-electron chi connectivity index (χ3n) is 5.49. The molecular formula is C22H24Si. The first-order valence-electron chi connectivity index (χ1n) is 8.56. The summed E-state index contributed by atoms with van der Waals surface area (Å²) in [6.07, 6.45) is 7.00. The maximum atomic E-state index is 2.53. The molecule has 0 fully saturated rings. The quantitative estimate of drug-likeness (QED) is 0.719. The van der Waals surface area contributed by atoms with Gasteiger partial charge in [-0.15, -0.1) is 0 Å². The molecule has 0 aromatic heterocycles. The molecule has 116 valence electrons. The third kappa shape index (κ3) is 2.26. The van der Waals surface area contributed by atoms with Crippen molar-refractivity contribution in [3.63, 3.8) is 0 Å². The molecular weight excluding hydrogens is 292 g/mol. The molecule has 23 heavy (non-hydrogen) atoms. The molecule has 0 amide bonds. The highest BCUT2D eigenvalue weighted by Gasteiger charge is 2.33. The van der Waals surface area contributed by atoms with Crippen LogP contribution in [0.15, 0.2) is 47.5 Å². The van der Waals surface area contributed by atoms with Gasteiger partial charge in [0.1, 0.15) is 8.07 Å². The highest BCUT2D eigenvalue weighted by atomic mass is 28.3. The minimum absolute atomic E-state index is 1.13. The molecule has 0 aliphatic heterocycles. The molecule has 2 aromatic carbocycles. The monoisotopic (exact) mass is 316 g/mol. The smallest absolute Gasteiger partial charge is 0.0683 e. The minimum atomic E-state index is -1.70. The molecule has 2 aliphatic carbocycles. The second-order valence-electron chi connectivity index (χ2n) is 7.71. The van der Waals surface area contributed by atoms with Crippen LogP contribution in [-0.2, 0) is 12.8 Å². The van der Waals surface area contributed by atoms with E-state index in [4.69, 9.17) is 0 Å². The van der Waals surface area contributed by atoms with Gasteiger partial charge in [-0.1, -0.05) is 83.2 Å². The second kappa shape index (κ2) is 5.07. The molecule has 0 spiro atoms.